The van der Waals surface area contributed by atoms with Crippen LogP contribution in [0.5, 0.6) is 0 Å². The minimum atomic E-state index is -0.0667. The maximum absolute atomic E-state index is 5.60. The van der Waals surface area contributed by atoms with E-state index < -0.39 is 0 Å². The fraction of sp³-hybridized carbons (Fsp3) is 1.00. The Balaban J connectivity index is 2.42. The van der Waals surface area contributed by atoms with Gasteiger partial charge in [0.15, 0.2) is 6.29 Å². The molecule has 0 N–H and O–H groups in total. The first-order valence-electron chi connectivity index (χ1n) is 7.09. The van der Waals surface area contributed by atoms with Crippen molar-refractivity contribution in [1.82, 2.24) is 9.80 Å². The highest BCUT2D eigenvalue weighted by Crippen LogP contribution is 2.25. The average Bonchev–Trinajstić information content (AvgIpc) is 2.78. The van der Waals surface area contributed by atoms with Gasteiger partial charge in [-0.15, -0.1) is 11.8 Å². The Hall–Kier alpha value is 0.190. The molecule has 0 aromatic heterocycles. The van der Waals surface area contributed by atoms with Crippen LogP contribution in [0.4, 0.5) is 0 Å². The van der Waals surface area contributed by atoms with E-state index in [9.17, 15) is 0 Å². The van der Waals surface area contributed by atoms with Gasteiger partial charge in [0.25, 0.3) is 0 Å². The molecule has 1 saturated heterocycles. The van der Waals surface area contributed by atoms with Gasteiger partial charge >= 0.3 is 0 Å². The van der Waals surface area contributed by atoms with Gasteiger partial charge in [-0.3, -0.25) is 9.80 Å². The summed E-state index contributed by atoms with van der Waals surface area (Å²) in [6.07, 6.45) is -0.0667. The molecular formula is C13H28N2O2S. The Bertz CT molecular complexity index is 201. The molecule has 108 valence electrons. The Morgan fingerprint density at radius 1 is 1.00 bits per heavy atom. The van der Waals surface area contributed by atoms with Crippen molar-refractivity contribution in [2.45, 2.75) is 39.5 Å². The molecular weight excluding hydrogens is 248 g/mol. The summed E-state index contributed by atoms with van der Waals surface area (Å²) in [5.41, 5.74) is 0.489. The minimum absolute atomic E-state index is 0.0667. The lowest BCUT2D eigenvalue weighted by molar-refractivity contribution is -0.120. The van der Waals surface area contributed by atoms with Crippen molar-refractivity contribution in [3.05, 3.63) is 0 Å². The van der Waals surface area contributed by atoms with Gasteiger partial charge in [0.05, 0.1) is 0 Å². The molecule has 4 nitrogen and oxygen atoms in total. The molecule has 1 heterocycles. The van der Waals surface area contributed by atoms with E-state index in [1.807, 2.05) is 25.6 Å². The lowest BCUT2D eigenvalue weighted by Crippen LogP contribution is -2.37. The summed E-state index contributed by atoms with van der Waals surface area (Å²) in [5.74, 6) is 0.902. The quantitative estimate of drug-likeness (QED) is 0.600. The van der Waals surface area contributed by atoms with Gasteiger partial charge in [-0.25, -0.2) is 0 Å². The number of rotatable bonds is 9. The lowest BCUT2D eigenvalue weighted by atomic mass is 10.6. The molecule has 0 saturated carbocycles. The van der Waals surface area contributed by atoms with E-state index in [0.717, 1.165) is 18.8 Å². The number of hydrogen-bond donors (Lipinski definition) is 0. The van der Waals surface area contributed by atoms with Gasteiger partial charge in [0.1, 0.15) is 5.50 Å². The van der Waals surface area contributed by atoms with Crippen LogP contribution < -0.4 is 0 Å². The Labute approximate surface area is 116 Å². The molecule has 1 aliphatic heterocycles. The highest BCUT2D eigenvalue weighted by atomic mass is 32.2. The van der Waals surface area contributed by atoms with Gasteiger partial charge in [-0.05, 0) is 26.9 Å². The van der Waals surface area contributed by atoms with Gasteiger partial charge in [-0.1, -0.05) is 13.8 Å². The number of nitrogens with zero attached hydrogens (tertiary/aromatic N) is 2. The predicted molar refractivity (Wildman–Crippen MR) is 77.8 cm³/mol. The van der Waals surface area contributed by atoms with Gasteiger partial charge in [-0.2, -0.15) is 0 Å². The molecule has 0 aliphatic carbocycles. The highest BCUT2D eigenvalue weighted by Gasteiger charge is 2.30. The Kier molecular flexibility index (Phi) is 8.26. The number of ether oxygens (including phenoxy) is 2. The Morgan fingerprint density at radius 2 is 1.50 bits per heavy atom. The first-order valence-corrected chi connectivity index (χ1v) is 8.14. The summed E-state index contributed by atoms with van der Waals surface area (Å²) >= 11 is 1.94. The van der Waals surface area contributed by atoms with Crippen LogP contribution in [0, 0.1) is 0 Å². The third-order valence-corrected chi connectivity index (χ3v) is 4.56. The van der Waals surface area contributed by atoms with E-state index in [0.29, 0.717) is 18.7 Å². The molecule has 0 radical (unpaired) electrons. The second-order valence-corrected chi connectivity index (χ2v) is 5.35. The third-order valence-electron chi connectivity index (χ3n) is 3.20. The summed E-state index contributed by atoms with van der Waals surface area (Å²) in [6.45, 7) is 14.5. The number of thioether (sulfide) groups is 1. The summed E-state index contributed by atoms with van der Waals surface area (Å²) < 4.78 is 11.2. The SMILES string of the molecule is CCOC(CSC1N(CC)CCN1CC)OCC. The van der Waals surface area contributed by atoms with E-state index in [4.69, 9.17) is 9.47 Å². The smallest absolute Gasteiger partial charge is 0.166 e. The van der Waals surface area contributed by atoms with E-state index in [1.54, 1.807) is 0 Å². The van der Waals surface area contributed by atoms with E-state index in [2.05, 4.69) is 23.6 Å². The zero-order valence-electron chi connectivity index (χ0n) is 12.2. The van der Waals surface area contributed by atoms with Crippen LogP contribution in [0.3, 0.4) is 0 Å². The summed E-state index contributed by atoms with van der Waals surface area (Å²) in [6, 6.07) is 0. The summed E-state index contributed by atoms with van der Waals surface area (Å²) in [5, 5.41) is 0. The van der Waals surface area contributed by atoms with Crippen molar-refractivity contribution in [3.63, 3.8) is 0 Å². The van der Waals surface area contributed by atoms with Gasteiger partial charge in [0.2, 0.25) is 0 Å². The normalized spacial score (nSPS) is 19.2. The molecule has 18 heavy (non-hydrogen) atoms. The van der Waals surface area contributed by atoms with Crippen LogP contribution in [0.25, 0.3) is 0 Å². The fourth-order valence-corrected chi connectivity index (χ4v) is 3.68. The van der Waals surface area contributed by atoms with Crippen LogP contribution in [0.2, 0.25) is 0 Å². The molecule has 1 fully saturated rings. The first-order chi connectivity index (χ1) is 8.76. The lowest BCUT2D eigenvalue weighted by Gasteiger charge is -2.29. The van der Waals surface area contributed by atoms with Crippen LogP contribution in [0.15, 0.2) is 0 Å². The predicted octanol–water partition coefficient (Wildman–Crippen LogP) is 2.06. The standard InChI is InChI=1S/C13H28N2O2S/c1-5-14-9-10-15(6-2)13(14)18-11-12(16-7-3)17-8-4/h12-13H,5-11H2,1-4H3. The molecule has 0 aromatic rings. The molecule has 0 spiro atoms. The van der Waals surface area contributed by atoms with Crippen molar-refractivity contribution in [2.24, 2.45) is 0 Å². The third kappa shape index (κ3) is 4.70. The molecule has 0 bridgehead atoms. The van der Waals surface area contributed by atoms with Crippen LogP contribution in [-0.2, 0) is 9.47 Å². The van der Waals surface area contributed by atoms with E-state index >= 15 is 0 Å². The fourth-order valence-electron chi connectivity index (χ4n) is 2.23. The number of hydrogen-bond acceptors (Lipinski definition) is 5. The molecule has 5 heteroatoms. The van der Waals surface area contributed by atoms with Crippen LogP contribution in [0.1, 0.15) is 27.7 Å². The zero-order chi connectivity index (χ0) is 13.4. The Morgan fingerprint density at radius 3 is 1.89 bits per heavy atom. The second kappa shape index (κ2) is 9.15. The molecule has 0 unspecified atom stereocenters. The molecule has 1 aliphatic rings. The summed E-state index contributed by atoms with van der Waals surface area (Å²) in [7, 11) is 0. The number of likely N-dealkylation sites (N-methyl/N-ethyl adjacent to an activating group) is 2. The second-order valence-electron chi connectivity index (χ2n) is 4.26. The zero-order valence-corrected chi connectivity index (χ0v) is 13.0. The molecule has 1 rings (SSSR count). The topological polar surface area (TPSA) is 24.9 Å². The van der Waals surface area contributed by atoms with E-state index in [1.165, 1.54) is 13.1 Å². The maximum Gasteiger partial charge on any atom is 0.166 e. The van der Waals surface area contributed by atoms with Crippen LogP contribution in [-0.4, -0.2) is 66.7 Å². The molecule has 0 atom stereocenters. The summed E-state index contributed by atoms with van der Waals surface area (Å²) in [4.78, 5) is 5.03. The van der Waals surface area contributed by atoms with Gasteiger partial charge in [0, 0.05) is 32.1 Å². The monoisotopic (exact) mass is 276 g/mol. The minimum Gasteiger partial charge on any atom is -0.352 e. The van der Waals surface area contributed by atoms with Gasteiger partial charge < -0.3 is 9.47 Å². The van der Waals surface area contributed by atoms with Crippen molar-refractivity contribution in [3.8, 4) is 0 Å². The molecule has 0 aromatic carbocycles. The average molecular weight is 276 g/mol. The maximum atomic E-state index is 5.60. The largest absolute Gasteiger partial charge is 0.352 e. The van der Waals surface area contributed by atoms with E-state index in [-0.39, 0.29) is 6.29 Å². The first kappa shape index (κ1) is 16.2. The van der Waals surface area contributed by atoms with Crippen LogP contribution >= 0.6 is 11.8 Å². The van der Waals surface area contributed by atoms with Crippen molar-refractivity contribution < 1.29 is 9.47 Å². The molecule has 0 amide bonds. The van der Waals surface area contributed by atoms with Crippen molar-refractivity contribution in [1.29, 1.82) is 0 Å². The van der Waals surface area contributed by atoms with Crippen molar-refractivity contribution >= 4 is 11.8 Å². The van der Waals surface area contributed by atoms with Crippen molar-refractivity contribution in [2.75, 3.05) is 45.1 Å². The highest BCUT2D eigenvalue weighted by molar-refractivity contribution is 7.99.